The summed E-state index contributed by atoms with van der Waals surface area (Å²) in [7, 11) is -2.04. The maximum Gasteiger partial charge on any atom is 0.281 e. The Morgan fingerprint density at radius 1 is 1.43 bits per heavy atom. The summed E-state index contributed by atoms with van der Waals surface area (Å²) >= 11 is 0. The first-order valence-corrected chi connectivity index (χ1v) is 10.8. The van der Waals surface area contributed by atoms with E-state index in [1.807, 2.05) is 36.8 Å². The third-order valence-electron chi connectivity index (χ3n) is 5.76. The largest absolute Gasteiger partial charge is 0.346 e. The second-order valence-corrected chi connectivity index (χ2v) is 9.49. The van der Waals surface area contributed by atoms with Crippen molar-refractivity contribution >= 4 is 32.1 Å². The molecule has 3 aromatic heterocycles. The van der Waals surface area contributed by atoms with Crippen molar-refractivity contribution in [2.24, 2.45) is 5.92 Å². The van der Waals surface area contributed by atoms with Crippen LogP contribution in [-0.2, 0) is 10.2 Å². The number of aromatic amines is 1. The summed E-state index contributed by atoms with van der Waals surface area (Å²) in [5, 5.41) is 10.9. The normalized spacial score (nSPS) is 21.5. The van der Waals surface area contributed by atoms with Crippen LogP contribution in [0, 0.1) is 17.2 Å². The maximum atomic E-state index is 13.0. The van der Waals surface area contributed by atoms with E-state index in [4.69, 9.17) is 5.26 Å². The van der Waals surface area contributed by atoms with E-state index in [9.17, 15) is 8.42 Å². The molecule has 0 bridgehead atoms. The van der Waals surface area contributed by atoms with Crippen LogP contribution in [0.15, 0.2) is 30.7 Å². The van der Waals surface area contributed by atoms with Crippen molar-refractivity contribution < 1.29 is 8.42 Å². The molecular weight excluding hydrogens is 376 g/mol. The minimum atomic E-state index is -3.58. The Kier molecular flexibility index (Phi) is 4.87. The number of nitrogens with one attached hydrogen (secondary N) is 1. The Bertz CT molecular complexity index is 1140. The Hall–Kier alpha value is -2.41. The Balaban J connectivity index is 1.69. The lowest BCUT2D eigenvalue weighted by Crippen LogP contribution is -2.49. The molecule has 0 radical (unpaired) electrons. The van der Waals surface area contributed by atoms with Crippen molar-refractivity contribution in [2.75, 3.05) is 26.7 Å². The summed E-state index contributed by atoms with van der Waals surface area (Å²) in [6.07, 6.45) is 6.73. The minimum absolute atomic E-state index is 0.0332. The summed E-state index contributed by atoms with van der Waals surface area (Å²) in [4.78, 5) is 7.59. The van der Waals surface area contributed by atoms with E-state index >= 15 is 0 Å². The number of pyridine rings is 1. The van der Waals surface area contributed by atoms with Crippen LogP contribution in [0.1, 0.15) is 25.8 Å². The van der Waals surface area contributed by atoms with Crippen molar-refractivity contribution in [3.05, 3.63) is 30.7 Å². The van der Waals surface area contributed by atoms with Gasteiger partial charge in [-0.05, 0) is 24.5 Å². The van der Waals surface area contributed by atoms with Crippen LogP contribution in [0.5, 0.6) is 0 Å². The number of nitriles is 1. The molecule has 2 unspecified atom stereocenters. The van der Waals surface area contributed by atoms with Gasteiger partial charge < -0.3 is 9.55 Å². The number of hydrogen-bond acceptors (Lipinski definition) is 4. The molecule has 0 saturated carbocycles. The summed E-state index contributed by atoms with van der Waals surface area (Å²) in [5.41, 5.74) is 1.91. The van der Waals surface area contributed by atoms with Crippen molar-refractivity contribution in [1.82, 2.24) is 23.1 Å². The number of piperidine rings is 1. The number of aromatic nitrogens is 3. The van der Waals surface area contributed by atoms with Crippen LogP contribution in [0.3, 0.4) is 0 Å². The highest BCUT2D eigenvalue weighted by Gasteiger charge is 2.36. The van der Waals surface area contributed by atoms with E-state index in [1.165, 1.54) is 4.31 Å². The van der Waals surface area contributed by atoms with Gasteiger partial charge in [-0.15, -0.1) is 0 Å². The molecule has 3 aromatic rings. The third kappa shape index (κ3) is 3.07. The lowest BCUT2D eigenvalue weighted by molar-refractivity contribution is 0.197. The van der Waals surface area contributed by atoms with Gasteiger partial charge in [-0.3, -0.25) is 0 Å². The fraction of sp³-hybridized carbons (Fsp3) is 0.474. The van der Waals surface area contributed by atoms with Crippen molar-refractivity contribution in [3.8, 4) is 6.07 Å². The smallest absolute Gasteiger partial charge is 0.281 e. The summed E-state index contributed by atoms with van der Waals surface area (Å²) in [6.45, 7) is 3.29. The van der Waals surface area contributed by atoms with Crippen LogP contribution < -0.4 is 0 Å². The summed E-state index contributed by atoms with van der Waals surface area (Å²) in [5.74, 6) is 0.341. The molecule has 1 N–H and O–H groups in total. The predicted octanol–water partition coefficient (Wildman–Crippen LogP) is 2.49. The van der Waals surface area contributed by atoms with Crippen LogP contribution in [0.4, 0.5) is 0 Å². The molecular formula is C19H24N6O2S. The number of fused-ring (bicyclic) bond motifs is 3. The molecule has 2 atom stereocenters. The van der Waals surface area contributed by atoms with Gasteiger partial charge in [-0.1, -0.05) is 6.92 Å². The first-order valence-electron chi connectivity index (χ1n) is 9.44. The van der Waals surface area contributed by atoms with E-state index in [0.717, 1.165) is 28.4 Å². The first-order chi connectivity index (χ1) is 13.4. The molecule has 4 heterocycles. The SMILES string of the molecule is CC1CCN(S(=O)(=O)N(C)CCC#N)CC1n1ccc2cnc3[nH]ccc3c21. The van der Waals surface area contributed by atoms with Gasteiger partial charge >= 0.3 is 0 Å². The monoisotopic (exact) mass is 400 g/mol. The maximum absolute atomic E-state index is 13.0. The summed E-state index contributed by atoms with van der Waals surface area (Å²) < 4.78 is 31.0. The predicted molar refractivity (Wildman–Crippen MR) is 108 cm³/mol. The van der Waals surface area contributed by atoms with Gasteiger partial charge in [-0.2, -0.15) is 22.3 Å². The van der Waals surface area contributed by atoms with Crippen LogP contribution in [0.25, 0.3) is 21.9 Å². The number of hydrogen-bond donors (Lipinski definition) is 1. The molecule has 0 aromatic carbocycles. The molecule has 0 amide bonds. The van der Waals surface area contributed by atoms with Crippen molar-refractivity contribution in [2.45, 2.75) is 25.8 Å². The van der Waals surface area contributed by atoms with Gasteiger partial charge in [0.2, 0.25) is 0 Å². The fourth-order valence-electron chi connectivity index (χ4n) is 4.04. The number of rotatable bonds is 5. The molecule has 0 aliphatic carbocycles. The third-order valence-corrected chi connectivity index (χ3v) is 7.71. The van der Waals surface area contributed by atoms with Gasteiger partial charge in [0, 0.05) is 62.5 Å². The van der Waals surface area contributed by atoms with E-state index in [-0.39, 0.29) is 19.0 Å². The Labute approximate surface area is 164 Å². The van der Waals surface area contributed by atoms with E-state index < -0.39 is 10.2 Å². The molecule has 1 fully saturated rings. The van der Waals surface area contributed by atoms with Crippen LogP contribution >= 0.6 is 0 Å². The number of H-pyrrole nitrogens is 1. The molecule has 4 rings (SSSR count). The first kappa shape index (κ1) is 18.9. The highest BCUT2D eigenvalue weighted by molar-refractivity contribution is 7.86. The Morgan fingerprint density at radius 3 is 3.04 bits per heavy atom. The molecule has 8 nitrogen and oxygen atoms in total. The average molecular weight is 401 g/mol. The topological polar surface area (TPSA) is 98.0 Å². The van der Waals surface area contributed by atoms with Gasteiger partial charge in [0.15, 0.2) is 0 Å². The molecule has 1 aliphatic rings. The van der Waals surface area contributed by atoms with Gasteiger partial charge in [0.25, 0.3) is 10.2 Å². The van der Waals surface area contributed by atoms with E-state index in [1.54, 1.807) is 11.4 Å². The summed E-state index contributed by atoms with van der Waals surface area (Å²) in [6, 6.07) is 6.09. The van der Waals surface area contributed by atoms with Gasteiger partial charge in [0.05, 0.1) is 17.6 Å². The zero-order chi connectivity index (χ0) is 19.9. The van der Waals surface area contributed by atoms with Crippen molar-refractivity contribution in [1.29, 1.82) is 5.26 Å². The van der Waals surface area contributed by atoms with Crippen LogP contribution in [-0.4, -0.2) is 58.2 Å². The van der Waals surface area contributed by atoms with Gasteiger partial charge in [0.1, 0.15) is 5.65 Å². The lowest BCUT2D eigenvalue weighted by atomic mass is 9.94. The van der Waals surface area contributed by atoms with E-state index in [0.29, 0.717) is 19.0 Å². The second kappa shape index (κ2) is 7.20. The molecule has 1 aliphatic heterocycles. The lowest BCUT2D eigenvalue weighted by Gasteiger charge is -2.38. The standard InChI is InChI=1S/C19H24N6O2S/c1-14-5-10-24(28(26,27)23(2)9-3-7-20)13-17(14)25-11-6-15-12-22-19-16(18(15)25)4-8-21-19/h4,6,8,11-12,14,17H,3,5,9-10,13H2,1-2H3,(H,21,22). The van der Waals surface area contributed by atoms with Gasteiger partial charge in [-0.25, -0.2) is 4.98 Å². The van der Waals surface area contributed by atoms with E-state index in [2.05, 4.69) is 21.5 Å². The quantitative estimate of drug-likeness (QED) is 0.711. The second-order valence-electron chi connectivity index (χ2n) is 7.45. The number of nitrogens with zero attached hydrogens (tertiary/aromatic N) is 5. The Morgan fingerprint density at radius 2 is 2.25 bits per heavy atom. The molecule has 148 valence electrons. The highest BCUT2D eigenvalue weighted by Crippen LogP contribution is 2.34. The van der Waals surface area contributed by atoms with Crippen molar-refractivity contribution in [3.63, 3.8) is 0 Å². The molecule has 28 heavy (non-hydrogen) atoms. The highest BCUT2D eigenvalue weighted by atomic mass is 32.2. The molecule has 0 spiro atoms. The van der Waals surface area contributed by atoms with Crippen LogP contribution in [0.2, 0.25) is 0 Å². The minimum Gasteiger partial charge on any atom is -0.346 e. The molecule has 9 heteroatoms. The fourth-order valence-corrected chi connectivity index (χ4v) is 5.44. The average Bonchev–Trinajstić information content (AvgIpc) is 3.32. The molecule has 1 saturated heterocycles. The zero-order valence-electron chi connectivity index (χ0n) is 16.0. The zero-order valence-corrected chi connectivity index (χ0v) is 16.9.